The highest BCUT2D eigenvalue weighted by atomic mass is 127. The molecule has 0 bridgehead atoms. The lowest BCUT2D eigenvalue weighted by molar-refractivity contribution is 0.666. The van der Waals surface area contributed by atoms with Crippen molar-refractivity contribution in [3.05, 3.63) is 21.3 Å². The SMILES string of the molecule is CCCCCCC#C/C=C(/C=C(\I)CCCCCC)CCCCCC. The third kappa shape index (κ3) is 18.4. The zero-order valence-corrected chi connectivity index (χ0v) is 19.3. The first-order chi connectivity index (χ1) is 12.2. The minimum atomic E-state index is 1.05. The fourth-order valence-electron chi connectivity index (χ4n) is 2.79. The van der Waals surface area contributed by atoms with Crippen molar-refractivity contribution in [2.45, 2.75) is 117 Å². The van der Waals surface area contributed by atoms with Crippen LogP contribution in [0.3, 0.4) is 0 Å². The second-order valence-corrected chi connectivity index (χ2v) is 8.45. The Morgan fingerprint density at radius 2 is 1.28 bits per heavy atom. The zero-order valence-electron chi connectivity index (χ0n) is 17.1. The van der Waals surface area contributed by atoms with E-state index in [1.165, 1.54) is 99.0 Å². The Bertz CT molecular complexity index is 406. The highest BCUT2D eigenvalue weighted by Crippen LogP contribution is 2.21. The van der Waals surface area contributed by atoms with Crippen LogP contribution >= 0.6 is 22.6 Å². The highest BCUT2D eigenvalue weighted by Gasteiger charge is 1.98. The van der Waals surface area contributed by atoms with E-state index in [1.54, 1.807) is 0 Å². The topological polar surface area (TPSA) is 0 Å². The molecule has 0 aliphatic rings. The maximum atomic E-state index is 3.35. The van der Waals surface area contributed by atoms with E-state index in [1.807, 2.05) is 0 Å². The molecule has 0 rings (SSSR count). The van der Waals surface area contributed by atoms with E-state index in [0.29, 0.717) is 0 Å². The van der Waals surface area contributed by atoms with Crippen molar-refractivity contribution >= 4 is 22.6 Å². The van der Waals surface area contributed by atoms with Gasteiger partial charge in [-0.25, -0.2) is 0 Å². The number of hydrogen-bond donors (Lipinski definition) is 0. The third-order valence-electron chi connectivity index (χ3n) is 4.45. The summed E-state index contributed by atoms with van der Waals surface area (Å²) in [7, 11) is 0. The average Bonchev–Trinajstić information content (AvgIpc) is 2.61. The van der Waals surface area contributed by atoms with Gasteiger partial charge in [0.25, 0.3) is 0 Å². The second-order valence-electron chi connectivity index (χ2n) is 7.06. The van der Waals surface area contributed by atoms with Gasteiger partial charge in [-0.3, -0.25) is 0 Å². The molecule has 0 aromatic carbocycles. The van der Waals surface area contributed by atoms with E-state index in [2.05, 4.69) is 67.4 Å². The lowest BCUT2D eigenvalue weighted by Crippen LogP contribution is -1.84. The van der Waals surface area contributed by atoms with Gasteiger partial charge in [-0.2, -0.15) is 0 Å². The Labute approximate surface area is 172 Å². The standard InChI is InChI=1S/C24H41I/c1-4-7-10-13-14-15-17-20-23(19-16-11-8-5-2)22-24(25)21-18-12-9-6-3/h20,22H,4-14,16,18-19,21H2,1-3H3/b23-20+,24-22-. The molecule has 0 atom stereocenters. The molecule has 0 unspecified atom stereocenters. The van der Waals surface area contributed by atoms with Crippen molar-refractivity contribution in [2.75, 3.05) is 0 Å². The van der Waals surface area contributed by atoms with Gasteiger partial charge in [-0.05, 0) is 76.0 Å². The van der Waals surface area contributed by atoms with Crippen LogP contribution in [-0.2, 0) is 0 Å². The number of rotatable bonds is 15. The number of halogens is 1. The Kier molecular flexibility index (Phi) is 19.9. The summed E-state index contributed by atoms with van der Waals surface area (Å²) in [5.41, 5.74) is 1.44. The van der Waals surface area contributed by atoms with Crippen LogP contribution in [0.1, 0.15) is 117 Å². The Morgan fingerprint density at radius 1 is 0.720 bits per heavy atom. The predicted molar refractivity (Wildman–Crippen MR) is 124 cm³/mol. The molecule has 1 heteroatoms. The van der Waals surface area contributed by atoms with Crippen LogP contribution < -0.4 is 0 Å². The van der Waals surface area contributed by atoms with Crippen LogP contribution in [0.2, 0.25) is 0 Å². The Morgan fingerprint density at radius 3 is 1.88 bits per heavy atom. The van der Waals surface area contributed by atoms with E-state index in [0.717, 1.165) is 6.42 Å². The molecule has 0 saturated heterocycles. The summed E-state index contributed by atoms with van der Waals surface area (Å²) in [6.45, 7) is 6.81. The van der Waals surface area contributed by atoms with Crippen molar-refractivity contribution < 1.29 is 0 Å². The molecule has 0 fully saturated rings. The Balaban J connectivity index is 4.46. The van der Waals surface area contributed by atoms with Crippen molar-refractivity contribution in [1.82, 2.24) is 0 Å². The monoisotopic (exact) mass is 456 g/mol. The van der Waals surface area contributed by atoms with Gasteiger partial charge < -0.3 is 0 Å². The molecule has 0 spiro atoms. The lowest BCUT2D eigenvalue weighted by atomic mass is 10.0. The number of unbranched alkanes of at least 4 members (excludes halogenated alkanes) is 10. The molecule has 0 N–H and O–H groups in total. The largest absolute Gasteiger partial charge is 0.0985 e. The minimum absolute atomic E-state index is 1.05. The van der Waals surface area contributed by atoms with Crippen molar-refractivity contribution in [3.63, 3.8) is 0 Å². The molecule has 0 saturated carbocycles. The molecule has 25 heavy (non-hydrogen) atoms. The van der Waals surface area contributed by atoms with Gasteiger partial charge in [0.1, 0.15) is 0 Å². The summed E-state index contributed by atoms with van der Waals surface area (Å²) in [6, 6.07) is 0. The summed E-state index contributed by atoms with van der Waals surface area (Å²) in [4.78, 5) is 0. The highest BCUT2D eigenvalue weighted by molar-refractivity contribution is 14.1. The van der Waals surface area contributed by atoms with E-state index in [4.69, 9.17) is 0 Å². The fourth-order valence-corrected chi connectivity index (χ4v) is 3.57. The first kappa shape index (κ1) is 24.8. The minimum Gasteiger partial charge on any atom is -0.0985 e. The number of allylic oxidation sites excluding steroid dienone is 4. The molecular weight excluding hydrogens is 415 g/mol. The molecule has 0 aromatic heterocycles. The van der Waals surface area contributed by atoms with E-state index in [9.17, 15) is 0 Å². The molecular formula is C24H41I. The molecule has 0 aromatic rings. The smallest absolute Gasteiger partial charge is 0.00922 e. The first-order valence-corrected chi connectivity index (χ1v) is 11.9. The maximum Gasteiger partial charge on any atom is 0.00922 e. The summed E-state index contributed by atoms with van der Waals surface area (Å²) >= 11 is 2.53. The molecule has 0 radical (unpaired) electrons. The summed E-state index contributed by atoms with van der Waals surface area (Å²) in [5, 5.41) is 0. The summed E-state index contributed by atoms with van der Waals surface area (Å²) in [6.07, 6.45) is 24.0. The lowest BCUT2D eigenvalue weighted by Gasteiger charge is -2.04. The molecule has 0 aliphatic carbocycles. The van der Waals surface area contributed by atoms with Gasteiger partial charge in [0.05, 0.1) is 0 Å². The third-order valence-corrected chi connectivity index (χ3v) is 5.30. The van der Waals surface area contributed by atoms with Gasteiger partial charge >= 0.3 is 0 Å². The fraction of sp³-hybridized carbons (Fsp3) is 0.750. The van der Waals surface area contributed by atoms with Crippen LogP contribution in [0.15, 0.2) is 21.3 Å². The van der Waals surface area contributed by atoms with Crippen LogP contribution in [0, 0.1) is 11.8 Å². The molecule has 0 heterocycles. The van der Waals surface area contributed by atoms with Crippen LogP contribution in [0.5, 0.6) is 0 Å². The van der Waals surface area contributed by atoms with E-state index < -0.39 is 0 Å². The van der Waals surface area contributed by atoms with E-state index in [-0.39, 0.29) is 0 Å². The van der Waals surface area contributed by atoms with Gasteiger partial charge in [-0.15, -0.1) is 0 Å². The second kappa shape index (κ2) is 20.1. The molecule has 0 amide bonds. The molecule has 0 nitrogen and oxygen atoms in total. The number of hydrogen-bond acceptors (Lipinski definition) is 0. The van der Waals surface area contributed by atoms with Gasteiger partial charge in [0, 0.05) is 6.42 Å². The summed E-state index contributed by atoms with van der Waals surface area (Å²) in [5.74, 6) is 6.68. The first-order valence-electron chi connectivity index (χ1n) is 10.8. The summed E-state index contributed by atoms with van der Waals surface area (Å²) < 4.78 is 1.50. The molecule has 0 aliphatic heterocycles. The normalized spacial score (nSPS) is 12.2. The quantitative estimate of drug-likeness (QED) is 0.0997. The Hall–Kier alpha value is -0.230. The zero-order chi connectivity index (χ0) is 18.6. The van der Waals surface area contributed by atoms with Crippen LogP contribution in [0.4, 0.5) is 0 Å². The van der Waals surface area contributed by atoms with E-state index >= 15 is 0 Å². The molecule has 144 valence electrons. The van der Waals surface area contributed by atoms with Gasteiger partial charge in [-0.1, -0.05) is 90.4 Å². The van der Waals surface area contributed by atoms with Gasteiger partial charge in [0.2, 0.25) is 0 Å². The maximum absolute atomic E-state index is 3.35. The van der Waals surface area contributed by atoms with Crippen LogP contribution in [-0.4, -0.2) is 0 Å². The van der Waals surface area contributed by atoms with Crippen molar-refractivity contribution in [3.8, 4) is 11.8 Å². The van der Waals surface area contributed by atoms with Crippen molar-refractivity contribution in [2.24, 2.45) is 0 Å². The average molecular weight is 456 g/mol. The van der Waals surface area contributed by atoms with Crippen LogP contribution in [0.25, 0.3) is 0 Å². The van der Waals surface area contributed by atoms with Gasteiger partial charge in [0.15, 0.2) is 0 Å². The van der Waals surface area contributed by atoms with Crippen molar-refractivity contribution in [1.29, 1.82) is 0 Å². The predicted octanol–water partition coefficient (Wildman–Crippen LogP) is 9.15.